The van der Waals surface area contributed by atoms with Crippen LogP contribution in [0.15, 0.2) is 0 Å². The smallest absolute Gasteiger partial charge is 0.223 e. The number of rotatable bonds is 8. The molecule has 1 N–H and O–H groups in total. The summed E-state index contributed by atoms with van der Waals surface area (Å²) in [6.07, 6.45) is 6.80. The van der Waals surface area contributed by atoms with Crippen LogP contribution < -0.4 is 5.32 Å². The first-order valence-electron chi connectivity index (χ1n) is 6.03. The number of carbonyl (C=O) groups is 1. The standard InChI is InChI=1S/C12H25NO/c1-4-7-8-9-10-13-12(14)11(5-2)6-3/h11H,4-10H2,1-3H3,(H,13,14). The lowest BCUT2D eigenvalue weighted by Crippen LogP contribution is -2.30. The Morgan fingerprint density at radius 1 is 1.07 bits per heavy atom. The molecule has 0 atom stereocenters. The van der Waals surface area contributed by atoms with E-state index in [0.717, 1.165) is 25.8 Å². The molecule has 0 spiro atoms. The highest BCUT2D eigenvalue weighted by Crippen LogP contribution is 2.07. The maximum atomic E-state index is 11.5. The highest BCUT2D eigenvalue weighted by atomic mass is 16.1. The number of amides is 1. The molecule has 0 saturated carbocycles. The van der Waals surface area contributed by atoms with E-state index in [4.69, 9.17) is 0 Å². The van der Waals surface area contributed by atoms with Crippen LogP contribution in [0, 0.1) is 5.92 Å². The van der Waals surface area contributed by atoms with E-state index in [9.17, 15) is 4.79 Å². The molecule has 0 aromatic rings. The van der Waals surface area contributed by atoms with Gasteiger partial charge in [-0.05, 0) is 19.3 Å². The van der Waals surface area contributed by atoms with Gasteiger partial charge in [-0.2, -0.15) is 0 Å². The first kappa shape index (κ1) is 13.5. The highest BCUT2D eigenvalue weighted by molar-refractivity contribution is 5.78. The van der Waals surface area contributed by atoms with Crippen LogP contribution in [0.2, 0.25) is 0 Å². The third-order valence-corrected chi connectivity index (χ3v) is 2.69. The lowest BCUT2D eigenvalue weighted by molar-refractivity contribution is -0.125. The first-order chi connectivity index (χ1) is 6.76. The molecular formula is C12H25NO. The lowest BCUT2D eigenvalue weighted by Gasteiger charge is -2.12. The SMILES string of the molecule is CCCCCCNC(=O)C(CC)CC. The predicted molar refractivity (Wildman–Crippen MR) is 61.2 cm³/mol. The fourth-order valence-electron chi connectivity index (χ4n) is 1.57. The molecule has 0 radical (unpaired) electrons. The predicted octanol–water partition coefficient (Wildman–Crippen LogP) is 3.12. The van der Waals surface area contributed by atoms with Gasteiger partial charge in [-0.15, -0.1) is 0 Å². The second-order valence-corrected chi connectivity index (χ2v) is 3.87. The molecule has 14 heavy (non-hydrogen) atoms. The minimum atomic E-state index is 0.223. The third kappa shape index (κ3) is 6.01. The van der Waals surface area contributed by atoms with E-state index in [-0.39, 0.29) is 11.8 Å². The molecule has 0 aromatic carbocycles. The van der Waals surface area contributed by atoms with Crippen molar-refractivity contribution in [2.45, 2.75) is 59.3 Å². The Morgan fingerprint density at radius 3 is 2.21 bits per heavy atom. The molecule has 0 aromatic heterocycles. The summed E-state index contributed by atoms with van der Waals surface area (Å²) in [5, 5.41) is 3.00. The molecule has 0 aliphatic rings. The van der Waals surface area contributed by atoms with Gasteiger partial charge in [0.25, 0.3) is 0 Å². The van der Waals surface area contributed by atoms with E-state index in [0.29, 0.717) is 0 Å². The van der Waals surface area contributed by atoms with Crippen LogP contribution in [0.25, 0.3) is 0 Å². The van der Waals surface area contributed by atoms with Gasteiger partial charge >= 0.3 is 0 Å². The fraction of sp³-hybridized carbons (Fsp3) is 0.917. The summed E-state index contributed by atoms with van der Waals surface area (Å²) >= 11 is 0. The van der Waals surface area contributed by atoms with Crippen molar-refractivity contribution in [2.24, 2.45) is 5.92 Å². The molecule has 0 heterocycles. The zero-order chi connectivity index (χ0) is 10.8. The molecule has 0 fully saturated rings. The number of nitrogens with one attached hydrogen (secondary N) is 1. The summed E-state index contributed by atoms with van der Waals surface area (Å²) < 4.78 is 0. The number of hydrogen-bond acceptors (Lipinski definition) is 1. The summed E-state index contributed by atoms with van der Waals surface area (Å²) in [6.45, 7) is 7.20. The topological polar surface area (TPSA) is 29.1 Å². The second-order valence-electron chi connectivity index (χ2n) is 3.87. The van der Waals surface area contributed by atoms with Crippen LogP contribution >= 0.6 is 0 Å². The van der Waals surface area contributed by atoms with Crippen molar-refractivity contribution in [1.82, 2.24) is 5.32 Å². The molecule has 0 bridgehead atoms. The maximum absolute atomic E-state index is 11.5. The second kappa shape index (κ2) is 9.04. The minimum absolute atomic E-state index is 0.223. The highest BCUT2D eigenvalue weighted by Gasteiger charge is 2.12. The van der Waals surface area contributed by atoms with E-state index >= 15 is 0 Å². The van der Waals surface area contributed by atoms with Gasteiger partial charge < -0.3 is 5.32 Å². The van der Waals surface area contributed by atoms with Gasteiger partial charge in [-0.25, -0.2) is 0 Å². The van der Waals surface area contributed by atoms with Crippen LogP contribution in [-0.4, -0.2) is 12.5 Å². The van der Waals surface area contributed by atoms with Gasteiger partial charge in [-0.3, -0.25) is 4.79 Å². The van der Waals surface area contributed by atoms with Crippen molar-refractivity contribution in [3.8, 4) is 0 Å². The quantitative estimate of drug-likeness (QED) is 0.598. The molecule has 2 nitrogen and oxygen atoms in total. The van der Waals surface area contributed by atoms with Crippen LogP contribution in [0.1, 0.15) is 59.3 Å². The van der Waals surface area contributed by atoms with Crippen molar-refractivity contribution in [1.29, 1.82) is 0 Å². The van der Waals surface area contributed by atoms with Gasteiger partial charge in [0.05, 0.1) is 0 Å². The summed E-state index contributed by atoms with van der Waals surface area (Å²) in [7, 11) is 0. The van der Waals surface area contributed by atoms with Gasteiger partial charge in [0.1, 0.15) is 0 Å². The monoisotopic (exact) mass is 199 g/mol. The summed E-state index contributed by atoms with van der Waals surface area (Å²) in [6, 6.07) is 0. The molecule has 0 saturated heterocycles. The molecular weight excluding hydrogens is 174 g/mol. The number of carbonyl (C=O) groups excluding carboxylic acids is 1. The Hall–Kier alpha value is -0.530. The normalized spacial score (nSPS) is 10.6. The molecule has 84 valence electrons. The van der Waals surface area contributed by atoms with E-state index < -0.39 is 0 Å². The summed E-state index contributed by atoms with van der Waals surface area (Å²) in [5.74, 6) is 0.465. The Morgan fingerprint density at radius 2 is 1.71 bits per heavy atom. The van der Waals surface area contributed by atoms with E-state index in [1.54, 1.807) is 0 Å². The average Bonchev–Trinajstić information content (AvgIpc) is 2.19. The largest absolute Gasteiger partial charge is 0.356 e. The van der Waals surface area contributed by atoms with Crippen molar-refractivity contribution in [3.05, 3.63) is 0 Å². The van der Waals surface area contributed by atoms with Gasteiger partial charge in [0, 0.05) is 12.5 Å². The average molecular weight is 199 g/mol. The van der Waals surface area contributed by atoms with Gasteiger partial charge in [-0.1, -0.05) is 40.0 Å². The molecule has 0 unspecified atom stereocenters. The van der Waals surface area contributed by atoms with Crippen molar-refractivity contribution < 1.29 is 4.79 Å². The Balaban J connectivity index is 3.43. The van der Waals surface area contributed by atoms with Crippen LogP contribution in [0.3, 0.4) is 0 Å². The van der Waals surface area contributed by atoms with Crippen molar-refractivity contribution >= 4 is 5.91 Å². The molecule has 0 aliphatic carbocycles. The Kier molecular flexibility index (Phi) is 8.70. The van der Waals surface area contributed by atoms with E-state index in [2.05, 4.69) is 26.1 Å². The van der Waals surface area contributed by atoms with Gasteiger partial charge in [0.15, 0.2) is 0 Å². The van der Waals surface area contributed by atoms with Crippen LogP contribution in [-0.2, 0) is 4.79 Å². The van der Waals surface area contributed by atoms with Crippen LogP contribution in [0.5, 0.6) is 0 Å². The lowest BCUT2D eigenvalue weighted by atomic mass is 10.0. The van der Waals surface area contributed by atoms with Crippen molar-refractivity contribution in [3.63, 3.8) is 0 Å². The zero-order valence-electron chi connectivity index (χ0n) is 9.94. The molecule has 2 heteroatoms. The Bertz CT molecular complexity index is 141. The molecule has 0 aliphatic heterocycles. The zero-order valence-corrected chi connectivity index (χ0v) is 9.94. The maximum Gasteiger partial charge on any atom is 0.223 e. The van der Waals surface area contributed by atoms with Crippen molar-refractivity contribution in [2.75, 3.05) is 6.54 Å². The molecule has 0 rings (SSSR count). The third-order valence-electron chi connectivity index (χ3n) is 2.69. The minimum Gasteiger partial charge on any atom is -0.356 e. The summed E-state index contributed by atoms with van der Waals surface area (Å²) in [5.41, 5.74) is 0. The Labute approximate surface area is 88.5 Å². The van der Waals surface area contributed by atoms with Gasteiger partial charge in [0.2, 0.25) is 5.91 Å². The van der Waals surface area contributed by atoms with E-state index in [1.807, 2.05) is 0 Å². The summed E-state index contributed by atoms with van der Waals surface area (Å²) in [4.78, 5) is 11.5. The number of unbranched alkanes of at least 4 members (excludes halogenated alkanes) is 3. The fourth-order valence-corrected chi connectivity index (χ4v) is 1.57. The van der Waals surface area contributed by atoms with E-state index in [1.165, 1.54) is 19.3 Å². The first-order valence-corrected chi connectivity index (χ1v) is 6.03. The number of hydrogen-bond donors (Lipinski definition) is 1. The van der Waals surface area contributed by atoms with Crippen LogP contribution in [0.4, 0.5) is 0 Å². The molecule has 1 amide bonds.